The van der Waals surface area contributed by atoms with E-state index < -0.39 is 5.82 Å². The summed E-state index contributed by atoms with van der Waals surface area (Å²) in [5.74, 6) is 0.626. The maximum atomic E-state index is 13.6. The molecule has 37 heavy (non-hydrogen) atoms. The predicted octanol–water partition coefficient (Wildman–Crippen LogP) is 5.58. The second-order valence-corrected chi connectivity index (χ2v) is 10.7. The number of rotatable bonds is 12. The van der Waals surface area contributed by atoms with E-state index in [2.05, 4.69) is 0 Å². The van der Waals surface area contributed by atoms with Crippen LogP contribution < -0.4 is 9.47 Å². The minimum atomic E-state index is -0.407. The van der Waals surface area contributed by atoms with Gasteiger partial charge in [-0.3, -0.25) is 9.59 Å². The SMILES string of the molecule is COc1ccc(CCN(Cc2ccc(C)s2)C(=O)CN(CC(C)C)C(=O)c2ccc(F)cc2)cc1OC. The largest absolute Gasteiger partial charge is 0.493 e. The molecule has 0 aliphatic carbocycles. The summed E-state index contributed by atoms with van der Waals surface area (Å²) in [5.41, 5.74) is 1.37. The van der Waals surface area contributed by atoms with Crippen molar-refractivity contribution in [3.8, 4) is 11.5 Å². The second-order valence-electron chi connectivity index (χ2n) is 9.35. The van der Waals surface area contributed by atoms with Gasteiger partial charge in [0.2, 0.25) is 5.91 Å². The lowest BCUT2D eigenvalue weighted by molar-refractivity contribution is -0.132. The Hall–Kier alpha value is -3.39. The number of thiophene rings is 1. The van der Waals surface area contributed by atoms with Crippen LogP contribution in [-0.4, -0.2) is 55.5 Å². The molecule has 0 spiro atoms. The zero-order chi connectivity index (χ0) is 26.9. The third-order valence-corrected chi connectivity index (χ3v) is 6.89. The molecule has 1 aromatic heterocycles. The number of ether oxygens (including phenoxy) is 2. The van der Waals surface area contributed by atoms with Crippen LogP contribution in [0.25, 0.3) is 0 Å². The van der Waals surface area contributed by atoms with Crippen LogP contribution in [-0.2, 0) is 17.8 Å². The van der Waals surface area contributed by atoms with Gasteiger partial charge in [-0.25, -0.2) is 4.39 Å². The summed E-state index contributed by atoms with van der Waals surface area (Å²) in [6.45, 7) is 7.34. The first kappa shape index (κ1) is 28.2. The molecule has 0 N–H and O–H groups in total. The van der Waals surface area contributed by atoms with Gasteiger partial charge in [0, 0.05) is 28.4 Å². The fourth-order valence-electron chi connectivity index (χ4n) is 4.05. The van der Waals surface area contributed by atoms with E-state index in [0.29, 0.717) is 43.1 Å². The van der Waals surface area contributed by atoms with Crippen molar-refractivity contribution in [1.82, 2.24) is 9.80 Å². The summed E-state index contributed by atoms with van der Waals surface area (Å²) in [7, 11) is 3.19. The van der Waals surface area contributed by atoms with Crippen LogP contribution in [0.2, 0.25) is 0 Å². The zero-order valence-electron chi connectivity index (χ0n) is 22.1. The third-order valence-electron chi connectivity index (χ3n) is 5.90. The molecule has 3 aromatic rings. The monoisotopic (exact) mass is 526 g/mol. The van der Waals surface area contributed by atoms with E-state index in [0.717, 1.165) is 10.4 Å². The molecule has 2 amide bonds. The van der Waals surface area contributed by atoms with Gasteiger partial charge in [0.25, 0.3) is 5.91 Å². The first-order valence-electron chi connectivity index (χ1n) is 12.3. The molecule has 1 heterocycles. The Morgan fingerprint density at radius 3 is 2.24 bits per heavy atom. The van der Waals surface area contributed by atoms with E-state index in [1.807, 2.05) is 51.1 Å². The summed E-state index contributed by atoms with van der Waals surface area (Å²) < 4.78 is 24.2. The van der Waals surface area contributed by atoms with Gasteiger partial charge in [-0.15, -0.1) is 11.3 Å². The summed E-state index contributed by atoms with van der Waals surface area (Å²) >= 11 is 1.65. The van der Waals surface area contributed by atoms with E-state index in [-0.39, 0.29) is 24.3 Å². The van der Waals surface area contributed by atoms with E-state index >= 15 is 0 Å². The van der Waals surface area contributed by atoms with Crippen molar-refractivity contribution in [3.05, 3.63) is 81.3 Å². The lowest BCUT2D eigenvalue weighted by Crippen LogP contribution is -2.44. The average molecular weight is 527 g/mol. The molecule has 0 fully saturated rings. The number of halogens is 1. The Morgan fingerprint density at radius 1 is 0.946 bits per heavy atom. The van der Waals surface area contributed by atoms with Gasteiger partial charge in [-0.1, -0.05) is 19.9 Å². The molecule has 0 saturated heterocycles. The van der Waals surface area contributed by atoms with Crippen LogP contribution in [0.4, 0.5) is 4.39 Å². The van der Waals surface area contributed by atoms with Crippen LogP contribution in [0, 0.1) is 18.7 Å². The maximum absolute atomic E-state index is 13.6. The van der Waals surface area contributed by atoms with Crippen LogP contribution >= 0.6 is 11.3 Å². The highest BCUT2D eigenvalue weighted by Crippen LogP contribution is 2.28. The van der Waals surface area contributed by atoms with Crippen molar-refractivity contribution in [3.63, 3.8) is 0 Å². The summed E-state index contributed by atoms with van der Waals surface area (Å²) in [6.07, 6.45) is 0.618. The average Bonchev–Trinajstić information content (AvgIpc) is 3.30. The van der Waals surface area contributed by atoms with Crippen molar-refractivity contribution in [2.75, 3.05) is 33.9 Å². The first-order chi connectivity index (χ1) is 17.7. The smallest absolute Gasteiger partial charge is 0.254 e. The van der Waals surface area contributed by atoms with Crippen LogP contribution in [0.1, 0.15) is 39.5 Å². The summed E-state index contributed by atoms with van der Waals surface area (Å²) in [6, 6.07) is 15.2. The van der Waals surface area contributed by atoms with Gasteiger partial charge in [0.15, 0.2) is 11.5 Å². The van der Waals surface area contributed by atoms with Gasteiger partial charge < -0.3 is 19.3 Å². The number of carbonyl (C=O) groups excluding carboxylic acids is 2. The zero-order valence-corrected chi connectivity index (χ0v) is 22.9. The molecule has 8 heteroatoms. The van der Waals surface area contributed by atoms with Crippen molar-refractivity contribution in [2.45, 2.75) is 33.7 Å². The number of aryl methyl sites for hydroxylation is 1. The molecule has 3 rings (SSSR count). The van der Waals surface area contributed by atoms with Gasteiger partial charge in [0.1, 0.15) is 12.4 Å². The Balaban J connectivity index is 1.80. The number of hydrogen-bond acceptors (Lipinski definition) is 5. The number of benzene rings is 2. The fourth-order valence-corrected chi connectivity index (χ4v) is 4.95. The van der Waals surface area contributed by atoms with Gasteiger partial charge in [-0.2, -0.15) is 0 Å². The predicted molar refractivity (Wildman–Crippen MR) is 145 cm³/mol. The molecule has 0 aliphatic rings. The minimum absolute atomic E-state index is 0.0509. The van der Waals surface area contributed by atoms with Crippen molar-refractivity contribution >= 4 is 23.2 Å². The van der Waals surface area contributed by atoms with E-state index in [4.69, 9.17) is 9.47 Å². The molecule has 0 radical (unpaired) electrons. The van der Waals surface area contributed by atoms with E-state index in [1.54, 1.807) is 35.4 Å². The molecule has 0 saturated carbocycles. The highest BCUT2D eigenvalue weighted by molar-refractivity contribution is 7.11. The molecule has 6 nitrogen and oxygen atoms in total. The molecule has 0 unspecified atom stereocenters. The van der Waals surface area contributed by atoms with Crippen LogP contribution in [0.5, 0.6) is 11.5 Å². The van der Waals surface area contributed by atoms with Gasteiger partial charge in [-0.05, 0) is 73.4 Å². The molecule has 198 valence electrons. The molecule has 2 aromatic carbocycles. The lowest BCUT2D eigenvalue weighted by atomic mass is 10.1. The van der Waals surface area contributed by atoms with Crippen LogP contribution in [0.15, 0.2) is 54.6 Å². The Morgan fingerprint density at radius 2 is 1.65 bits per heavy atom. The number of nitrogens with zero attached hydrogens (tertiary/aromatic N) is 2. The third kappa shape index (κ3) is 8.05. The number of methoxy groups -OCH3 is 2. The number of carbonyl (C=O) groups is 2. The van der Waals surface area contributed by atoms with Gasteiger partial charge >= 0.3 is 0 Å². The van der Waals surface area contributed by atoms with Crippen molar-refractivity contribution in [2.24, 2.45) is 5.92 Å². The molecule has 0 bridgehead atoms. The lowest BCUT2D eigenvalue weighted by Gasteiger charge is -2.29. The Kier molecular flexibility index (Phi) is 10.1. The highest BCUT2D eigenvalue weighted by Gasteiger charge is 2.24. The Labute approximate surface area is 222 Å². The quantitative estimate of drug-likeness (QED) is 0.309. The standard InChI is InChI=1S/C29H35FN2O4S/c1-20(2)17-32(29(34)23-8-10-24(30)11-9-23)19-28(33)31(18-25-12-6-21(3)37-25)15-14-22-7-13-26(35-4)27(16-22)36-5/h6-13,16,20H,14-15,17-19H2,1-5H3. The highest BCUT2D eigenvalue weighted by atomic mass is 32.1. The van der Waals surface area contributed by atoms with Gasteiger partial charge in [0.05, 0.1) is 20.8 Å². The Bertz CT molecular complexity index is 1190. The molecule has 0 aliphatic heterocycles. The summed E-state index contributed by atoms with van der Waals surface area (Å²) in [5, 5.41) is 0. The molecular weight excluding hydrogens is 491 g/mol. The molecule has 0 atom stereocenters. The minimum Gasteiger partial charge on any atom is -0.493 e. The van der Waals surface area contributed by atoms with E-state index in [1.165, 1.54) is 29.1 Å². The topological polar surface area (TPSA) is 59.1 Å². The first-order valence-corrected chi connectivity index (χ1v) is 13.1. The maximum Gasteiger partial charge on any atom is 0.254 e. The number of hydrogen-bond donors (Lipinski definition) is 0. The van der Waals surface area contributed by atoms with E-state index in [9.17, 15) is 14.0 Å². The van der Waals surface area contributed by atoms with Crippen molar-refractivity contribution < 1.29 is 23.5 Å². The molecular formula is C29H35FN2O4S. The number of amides is 2. The van der Waals surface area contributed by atoms with Crippen LogP contribution in [0.3, 0.4) is 0 Å². The second kappa shape index (κ2) is 13.2. The summed E-state index contributed by atoms with van der Waals surface area (Å²) in [4.78, 5) is 32.5. The van der Waals surface area contributed by atoms with Crippen molar-refractivity contribution in [1.29, 1.82) is 0 Å². The normalized spacial score (nSPS) is 10.9. The fraction of sp³-hybridized carbons (Fsp3) is 0.379.